The van der Waals surface area contributed by atoms with Gasteiger partial charge in [0.15, 0.2) is 0 Å². The van der Waals surface area contributed by atoms with Crippen molar-refractivity contribution in [1.82, 2.24) is 4.90 Å². The molecule has 2 aliphatic rings. The van der Waals surface area contributed by atoms with Gasteiger partial charge in [0.25, 0.3) is 5.91 Å². The molecule has 114 valence electrons. The van der Waals surface area contributed by atoms with Gasteiger partial charge in [0.2, 0.25) is 0 Å². The van der Waals surface area contributed by atoms with Crippen LogP contribution < -0.4 is 11.1 Å². The number of nitrogens with two attached hydrogens (primary N) is 1. The molecule has 0 aromatic heterocycles. The second-order valence-corrected chi connectivity index (χ2v) is 6.28. The molecule has 4 nitrogen and oxygen atoms in total. The average Bonchev–Trinajstić information content (AvgIpc) is 3.04. The number of hydrogen-bond donors (Lipinski definition) is 2. The Morgan fingerprint density at radius 3 is 2.48 bits per heavy atom. The average molecular weight is 287 g/mol. The van der Waals surface area contributed by atoms with E-state index in [9.17, 15) is 4.79 Å². The standard InChI is InChI=1S/C17H25N3O/c18-15-12-13(17(21)20-10-4-5-11-20)8-9-16(15)19-14-6-2-1-3-7-14/h8-9,12,14,19H,1-7,10-11,18H2. The summed E-state index contributed by atoms with van der Waals surface area (Å²) in [4.78, 5) is 14.3. The van der Waals surface area contributed by atoms with E-state index in [0.29, 0.717) is 17.3 Å². The van der Waals surface area contributed by atoms with Gasteiger partial charge in [0, 0.05) is 24.7 Å². The first-order valence-electron chi connectivity index (χ1n) is 8.19. The maximum absolute atomic E-state index is 12.4. The quantitative estimate of drug-likeness (QED) is 0.839. The summed E-state index contributed by atoms with van der Waals surface area (Å²) >= 11 is 0. The first-order valence-corrected chi connectivity index (χ1v) is 8.19. The zero-order valence-electron chi connectivity index (χ0n) is 12.6. The number of anilines is 2. The molecule has 3 rings (SSSR count). The van der Waals surface area contributed by atoms with E-state index in [-0.39, 0.29) is 5.91 Å². The highest BCUT2D eigenvalue weighted by molar-refractivity contribution is 5.96. The zero-order valence-corrected chi connectivity index (χ0v) is 12.6. The van der Waals surface area contributed by atoms with E-state index in [2.05, 4.69) is 5.32 Å². The van der Waals surface area contributed by atoms with Gasteiger partial charge >= 0.3 is 0 Å². The zero-order chi connectivity index (χ0) is 14.7. The summed E-state index contributed by atoms with van der Waals surface area (Å²) < 4.78 is 0. The summed E-state index contributed by atoms with van der Waals surface area (Å²) in [6, 6.07) is 6.22. The normalized spacial score (nSPS) is 19.7. The summed E-state index contributed by atoms with van der Waals surface area (Å²) in [5.74, 6) is 0.114. The number of benzene rings is 1. The summed E-state index contributed by atoms with van der Waals surface area (Å²) in [7, 11) is 0. The Bertz CT molecular complexity index is 503. The molecule has 4 heteroatoms. The van der Waals surface area contributed by atoms with Crippen LogP contribution in [-0.2, 0) is 0 Å². The molecule has 1 aromatic rings. The SMILES string of the molecule is Nc1cc(C(=O)N2CCCC2)ccc1NC1CCCCC1. The smallest absolute Gasteiger partial charge is 0.253 e. The monoisotopic (exact) mass is 287 g/mol. The van der Waals surface area contributed by atoms with Crippen molar-refractivity contribution in [3.63, 3.8) is 0 Å². The van der Waals surface area contributed by atoms with Gasteiger partial charge in [0.1, 0.15) is 0 Å². The highest BCUT2D eigenvalue weighted by Crippen LogP contribution is 2.26. The lowest BCUT2D eigenvalue weighted by Crippen LogP contribution is -2.28. The summed E-state index contributed by atoms with van der Waals surface area (Å²) in [6.07, 6.45) is 8.59. The molecule has 0 bridgehead atoms. The number of amides is 1. The third-order valence-electron chi connectivity index (χ3n) is 4.66. The Labute approximate surface area is 126 Å². The number of carbonyl (C=O) groups is 1. The maximum atomic E-state index is 12.4. The molecule has 1 amide bonds. The molecule has 0 radical (unpaired) electrons. The minimum atomic E-state index is 0.114. The van der Waals surface area contributed by atoms with Crippen LogP contribution >= 0.6 is 0 Å². The Morgan fingerprint density at radius 1 is 1.10 bits per heavy atom. The maximum Gasteiger partial charge on any atom is 0.253 e. The van der Waals surface area contributed by atoms with Crippen molar-refractivity contribution >= 4 is 17.3 Å². The van der Waals surface area contributed by atoms with E-state index >= 15 is 0 Å². The fourth-order valence-electron chi connectivity index (χ4n) is 3.40. The van der Waals surface area contributed by atoms with E-state index in [1.165, 1.54) is 32.1 Å². The number of nitrogens with zero attached hydrogens (tertiary/aromatic N) is 1. The number of nitrogen functional groups attached to an aromatic ring is 1. The molecule has 1 aliphatic carbocycles. The van der Waals surface area contributed by atoms with Crippen LogP contribution in [0.1, 0.15) is 55.3 Å². The number of hydrogen-bond acceptors (Lipinski definition) is 3. The molecular formula is C17H25N3O. The predicted molar refractivity (Wildman–Crippen MR) is 86.5 cm³/mol. The molecule has 1 saturated heterocycles. The largest absolute Gasteiger partial charge is 0.397 e. The first-order chi connectivity index (χ1) is 10.2. The highest BCUT2D eigenvalue weighted by atomic mass is 16.2. The molecule has 0 spiro atoms. The Morgan fingerprint density at radius 2 is 1.81 bits per heavy atom. The molecule has 1 aliphatic heterocycles. The molecule has 0 unspecified atom stereocenters. The Kier molecular flexibility index (Phi) is 4.32. The lowest BCUT2D eigenvalue weighted by atomic mass is 9.95. The molecule has 1 aromatic carbocycles. The summed E-state index contributed by atoms with van der Waals surface area (Å²) in [5.41, 5.74) is 8.51. The van der Waals surface area contributed by atoms with Gasteiger partial charge in [-0.15, -0.1) is 0 Å². The summed E-state index contributed by atoms with van der Waals surface area (Å²) in [6.45, 7) is 1.75. The van der Waals surface area contributed by atoms with Crippen LogP contribution in [-0.4, -0.2) is 29.9 Å². The predicted octanol–water partition coefficient (Wildman–Crippen LogP) is 3.25. The van der Waals surface area contributed by atoms with Crippen LogP contribution in [0.5, 0.6) is 0 Å². The lowest BCUT2D eigenvalue weighted by Gasteiger charge is -2.25. The highest BCUT2D eigenvalue weighted by Gasteiger charge is 2.20. The number of nitrogens with one attached hydrogen (secondary N) is 1. The molecule has 3 N–H and O–H groups in total. The number of carbonyl (C=O) groups excluding carboxylic acids is 1. The molecule has 2 fully saturated rings. The van der Waals surface area contributed by atoms with Crippen LogP contribution in [0.15, 0.2) is 18.2 Å². The van der Waals surface area contributed by atoms with Crippen molar-refractivity contribution in [2.45, 2.75) is 51.0 Å². The fraction of sp³-hybridized carbons (Fsp3) is 0.588. The van der Waals surface area contributed by atoms with E-state index < -0.39 is 0 Å². The van der Waals surface area contributed by atoms with Crippen molar-refractivity contribution in [2.24, 2.45) is 0 Å². The van der Waals surface area contributed by atoms with Gasteiger partial charge in [0.05, 0.1) is 11.4 Å². The van der Waals surface area contributed by atoms with Crippen molar-refractivity contribution in [2.75, 3.05) is 24.1 Å². The molecule has 21 heavy (non-hydrogen) atoms. The number of likely N-dealkylation sites (tertiary alicyclic amines) is 1. The third-order valence-corrected chi connectivity index (χ3v) is 4.66. The van der Waals surface area contributed by atoms with Crippen LogP contribution in [0.4, 0.5) is 11.4 Å². The van der Waals surface area contributed by atoms with E-state index in [4.69, 9.17) is 5.73 Å². The molecule has 1 saturated carbocycles. The van der Waals surface area contributed by atoms with Crippen LogP contribution in [0.3, 0.4) is 0 Å². The third kappa shape index (κ3) is 3.31. The van der Waals surface area contributed by atoms with Crippen molar-refractivity contribution in [1.29, 1.82) is 0 Å². The number of rotatable bonds is 3. The minimum absolute atomic E-state index is 0.114. The molecular weight excluding hydrogens is 262 g/mol. The van der Waals surface area contributed by atoms with Gasteiger partial charge in [-0.3, -0.25) is 4.79 Å². The van der Waals surface area contributed by atoms with Gasteiger partial charge in [-0.05, 0) is 43.9 Å². The lowest BCUT2D eigenvalue weighted by molar-refractivity contribution is 0.0793. The first kappa shape index (κ1) is 14.2. The van der Waals surface area contributed by atoms with Crippen molar-refractivity contribution < 1.29 is 4.79 Å². The van der Waals surface area contributed by atoms with Crippen LogP contribution in [0.2, 0.25) is 0 Å². The van der Waals surface area contributed by atoms with Crippen molar-refractivity contribution in [3.8, 4) is 0 Å². The van der Waals surface area contributed by atoms with E-state index in [1.807, 2.05) is 23.1 Å². The minimum Gasteiger partial charge on any atom is -0.397 e. The fourth-order valence-corrected chi connectivity index (χ4v) is 3.40. The van der Waals surface area contributed by atoms with E-state index in [0.717, 1.165) is 31.6 Å². The summed E-state index contributed by atoms with van der Waals surface area (Å²) in [5, 5.41) is 3.53. The van der Waals surface area contributed by atoms with Gasteiger partial charge < -0.3 is 16.0 Å². The van der Waals surface area contributed by atoms with Gasteiger partial charge in [-0.25, -0.2) is 0 Å². The van der Waals surface area contributed by atoms with Crippen LogP contribution in [0.25, 0.3) is 0 Å². The van der Waals surface area contributed by atoms with Gasteiger partial charge in [-0.1, -0.05) is 19.3 Å². The Balaban J connectivity index is 1.68. The van der Waals surface area contributed by atoms with Gasteiger partial charge in [-0.2, -0.15) is 0 Å². The molecule has 0 atom stereocenters. The molecule has 1 heterocycles. The Hall–Kier alpha value is -1.71. The van der Waals surface area contributed by atoms with Crippen molar-refractivity contribution in [3.05, 3.63) is 23.8 Å². The van der Waals surface area contributed by atoms with Crippen LogP contribution in [0, 0.1) is 0 Å². The second-order valence-electron chi connectivity index (χ2n) is 6.28. The topological polar surface area (TPSA) is 58.4 Å². The van der Waals surface area contributed by atoms with E-state index in [1.54, 1.807) is 0 Å². The second kappa shape index (κ2) is 6.37.